The zero-order chi connectivity index (χ0) is 23.8. The summed E-state index contributed by atoms with van der Waals surface area (Å²) < 4.78 is 16.8. The first-order chi connectivity index (χ1) is 15.9. The molecule has 0 bridgehead atoms. The molecule has 8 nitrogen and oxygen atoms in total. The molecule has 3 atom stereocenters. The van der Waals surface area contributed by atoms with Gasteiger partial charge in [-0.1, -0.05) is 18.2 Å². The third-order valence-electron chi connectivity index (χ3n) is 5.32. The maximum Gasteiger partial charge on any atom is 0.160 e. The van der Waals surface area contributed by atoms with Gasteiger partial charge in [0.05, 0.1) is 19.3 Å². The van der Waals surface area contributed by atoms with Crippen LogP contribution in [0.5, 0.6) is 0 Å². The summed E-state index contributed by atoms with van der Waals surface area (Å²) in [4.78, 5) is 2.05. The van der Waals surface area contributed by atoms with E-state index in [0.717, 1.165) is 11.3 Å². The van der Waals surface area contributed by atoms with Crippen LogP contribution in [0.15, 0.2) is 65.2 Å². The highest BCUT2D eigenvalue weighted by molar-refractivity contribution is 5.59. The van der Waals surface area contributed by atoms with Gasteiger partial charge in [0.1, 0.15) is 35.3 Å². The van der Waals surface area contributed by atoms with Crippen LogP contribution in [0.25, 0.3) is 6.08 Å². The van der Waals surface area contributed by atoms with Crippen molar-refractivity contribution in [3.8, 4) is 12.1 Å². The topological polar surface area (TPSA) is 119 Å². The van der Waals surface area contributed by atoms with E-state index in [2.05, 4.69) is 0 Å². The first-order valence-corrected chi connectivity index (χ1v) is 10.6. The molecule has 0 aliphatic carbocycles. The monoisotopic (exact) mass is 449 g/mol. The van der Waals surface area contributed by atoms with Crippen molar-refractivity contribution in [3.63, 3.8) is 0 Å². The fourth-order valence-electron chi connectivity index (χ4n) is 3.47. The molecule has 0 saturated carbocycles. The summed E-state index contributed by atoms with van der Waals surface area (Å²) in [6.07, 6.45) is 5.61. The molecule has 8 heteroatoms. The van der Waals surface area contributed by atoms with Crippen LogP contribution in [-0.2, 0) is 14.2 Å². The van der Waals surface area contributed by atoms with Crippen molar-refractivity contribution in [1.82, 2.24) is 0 Å². The molecule has 2 aliphatic rings. The standard InChI is InChI=1S/C25H27N3O5/c1-17-11-19(20(14-26)15-27)12-22(32-17)8-5-18-3-6-21(7-4-18)28(2)9-10-31-25-13-23(30)24(16-29)33-25/h3-8,11-12,23-25,29-30H,9-10,13,16H2,1-2H3/b8-5+/t23-,24+,25?/m0/s1. The Morgan fingerprint density at radius 3 is 2.58 bits per heavy atom. The van der Waals surface area contributed by atoms with Crippen LogP contribution in [0.4, 0.5) is 5.69 Å². The van der Waals surface area contributed by atoms with Crippen molar-refractivity contribution in [2.45, 2.75) is 31.8 Å². The largest absolute Gasteiger partial charge is 0.462 e. The lowest BCUT2D eigenvalue weighted by atomic mass is 10.1. The van der Waals surface area contributed by atoms with E-state index < -0.39 is 18.5 Å². The highest BCUT2D eigenvalue weighted by Gasteiger charge is 2.33. The number of anilines is 1. The second kappa shape index (κ2) is 11.5. The highest BCUT2D eigenvalue weighted by Crippen LogP contribution is 2.24. The lowest BCUT2D eigenvalue weighted by Crippen LogP contribution is -2.26. The molecule has 0 radical (unpaired) electrons. The number of hydrogen-bond acceptors (Lipinski definition) is 8. The molecule has 2 aliphatic heterocycles. The van der Waals surface area contributed by atoms with Crippen LogP contribution in [0, 0.1) is 22.7 Å². The summed E-state index contributed by atoms with van der Waals surface area (Å²) in [5, 5.41) is 37.0. The quantitative estimate of drug-likeness (QED) is 0.582. The van der Waals surface area contributed by atoms with E-state index in [1.807, 2.05) is 54.4 Å². The second-order valence-corrected chi connectivity index (χ2v) is 7.76. The highest BCUT2D eigenvalue weighted by atomic mass is 16.7. The van der Waals surface area contributed by atoms with E-state index in [1.165, 1.54) is 0 Å². The van der Waals surface area contributed by atoms with Gasteiger partial charge in [-0.05, 0) is 42.8 Å². The summed E-state index contributed by atoms with van der Waals surface area (Å²) in [5.74, 6) is 1.16. The Morgan fingerprint density at radius 2 is 1.94 bits per heavy atom. The molecule has 3 rings (SSSR count). The van der Waals surface area contributed by atoms with Gasteiger partial charge < -0.3 is 29.3 Å². The van der Waals surface area contributed by atoms with Crippen molar-refractivity contribution in [3.05, 3.63) is 70.7 Å². The van der Waals surface area contributed by atoms with Crippen molar-refractivity contribution in [1.29, 1.82) is 10.5 Å². The van der Waals surface area contributed by atoms with Crippen LogP contribution in [0.1, 0.15) is 18.9 Å². The molecule has 1 saturated heterocycles. The Labute approximate surface area is 193 Å². The molecule has 172 valence electrons. The van der Waals surface area contributed by atoms with E-state index in [1.54, 1.807) is 25.2 Å². The minimum Gasteiger partial charge on any atom is -0.462 e. The predicted molar refractivity (Wildman–Crippen MR) is 122 cm³/mol. The second-order valence-electron chi connectivity index (χ2n) is 7.76. The van der Waals surface area contributed by atoms with Gasteiger partial charge in [0.25, 0.3) is 0 Å². The summed E-state index contributed by atoms with van der Waals surface area (Å²) >= 11 is 0. The minimum atomic E-state index is -0.699. The minimum absolute atomic E-state index is 0.0452. The number of aliphatic hydroxyl groups is 2. The maximum absolute atomic E-state index is 9.75. The molecule has 33 heavy (non-hydrogen) atoms. The number of nitriles is 2. The molecule has 0 amide bonds. The van der Waals surface area contributed by atoms with Gasteiger partial charge in [-0.15, -0.1) is 0 Å². The van der Waals surface area contributed by atoms with Crippen molar-refractivity contribution < 1.29 is 24.4 Å². The van der Waals surface area contributed by atoms with Gasteiger partial charge in [-0.2, -0.15) is 10.5 Å². The molecule has 1 aromatic carbocycles. The Bertz CT molecular complexity index is 1030. The summed E-state index contributed by atoms with van der Waals surface area (Å²) in [6, 6.07) is 11.7. The first kappa shape index (κ1) is 24.2. The molecule has 2 N–H and O–H groups in total. The zero-order valence-corrected chi connectivity index (χ0v) is 18.6. The molecular weight excluding hydrogens is 422 g/mol. The van der Waals surface area contributed by atoms with Crippen LogP contribution >= 0.6 is 0 Å². The average Bonchev–Trinajstić information content (AvgIpc) is 3.18. The number of rotatable bonds is 8. The van der Waals surface area contributed by atoms with Gasteiger partial charge in [0, 0.05) is 31.3 Å². The van der Waals surface area contributed by atoms with Crippen molar-refractivity contribution in [2.24, 2.45) is 0 Å². The first-order valence-electron chi connectivity index (χ1n) is 10.6. The molecule has 1 fully saturated rings. The van der Waals surface area contributed by atoms with Gasteiger partial charge >= 0.3 is 0 Å². The number of aliphatic hydroxyl groups excluding tert-OH is 2. The Kier molecular flexibility index (Phi) is 8.42. The average molecular weight is 450 g/mol. The normalized spacial score (nSPS) is 22.2. The van der Waals surface area contributed by atoms with Gasteiger partial charge in [0.2, 0.25) is 0 Å². The van der Waals surface area contributed by atoms with E-state index >= 15 is 0 Å². The third-order valence-corrected chi connectivity index (χ3v) is 5.32. The number of benzene rings is 1. The predicted octanol–water partition coefficient (Wildman–Crippen LogP) is 2.78. The summed E-state index contributed by atoms with van der Waals surface area (Å²) in [7, 11) is 1.96. The van der Waals surface area contributed by atoms with Crippen LogP contribution in [0.3, 0.4) is 0 Å². The van der Waals surface area contributed by atoms with E-state index in [-0.39, 0.29) is 12.2 Å². The number of hydrogen-bond donors (Lipinski definition) is 2. The lowest BCUT2D eigenvalue weighted by Gasteiger charge is -2.21. The Hall–Kier alpha value is -3.40. The molecule has 0 spiro atoms. The number of ether oxygens (including phenoxy) is 3. The summed E-state index contributed by atoms with van der Waals surface area (Å²) in [5.41, 5.74) is 2.56. The van der Waals surface area contributed by atoms with Crippen LogP contribution in [0.2, 0.25) is 0 Å². The van der Waals surface area contributed by atoms with E-state index in [4.69, 9.17) is 29.8 Å². The van der Waals surface area contributed by atoms with Crippen LogP contribution in [-0.4, -0.2) is 55.5 Å². The molecular formula is C25H27N3O5. The van der Waals surface area contributed by atoms with Gasteiger partial charge in [-0.25, -0.2) is 0 Å². The zero-order valence-electron chi connectivity index (χ0n) is 18.6. The van der Waals surface area contributed by atoms with E-state index in [0.29, 0.717) is 36.7 Å². The Balaban J connectivity index is 1.54. The fraction of sp³-hybridized carbons (Fsp3) is 0.360. The Morgan fingerprint density at radius 1 is 1.21 bits per heavy atom. The number of allylic oxidation sites excluding steroid dienone is 6. The number of nitrogens with zero attached hydrogens (tertiary/aromatic N) is 3. The maximum atomic E-state index is 9.75. The third kappa shape index (κ3) is 6.55. The van der Waals surface area contributed by atoms with Gasteiger partial charge in [0.15, 0.2) is 6.29 Å². The van der Waals surface area contributed by atoms with Gasteiger partial charge in [-0.3, -0.25) is 0 Å². The number of likely N-dealkylation sites (N-methyl/N-ethyl adjacent to an activating group) is 1. The fourth-order valence-corrected chi connectivity index (χ4v) is 3.47. The SMILES string of the molecule is CC1=CC(=C(C#N)C#N)C=C(/C=C/c2ccc(N(C)CCOC3C[C@H](O)[C@@H](CO)O3)cc2)O1. The summed E-state index contributed by atoms with van der Waals surface area (Å²) in [6.45, 7) is 2.61. The van der Waals surface area contributed by atoms with Crippen molar-refractivity contribution >= 4 is 11.8 Å². The van der Waals surface area contributed by atoms with Crippen molar-refractivity contribution in [2.75, 3.05) is 31.7 Å². The lowest BCUT2D eigenvalue weighted by molar-refractivity contribution is -0.141. The molecule has 1 unspecified atom stereocenters. The smallest absolute Gasteiger partial charge is 0.160 e. The molecule has 2 heterocycles. The molecule has 0 aromatic heterocycles. The molecule has 1 aromatic rings. The van der Waals surface area contributed by atoms with E-state index in [9.17, 15) is 5.11 Å². The van der Waals surface area contributed by atoms with Crippen LogP contribution < -0.4 is 4.90 Å².